The second kappa shape index (κ2) is 5.83. The highest BCUT2D eigenvalue weighted by molar-refractivity contribution is 5.82. The predicted molar refractivity (Wildman–Crippen MR) is 85.8 cm³/mol. The van der Waals surface area contributed by atoms with Gasteiger partial charge in [-0.05, 0) is 29.7 Å². The minimum absolute atomic E-state index is 0.219. The van der Waals surface area contributed by atoms with Gasteiger partial charge in [0.2, 0.25) is 6.79 Å². The monoisotopic (exact) mass is 326 g/mol. The van der Waals surface area contributed by atoms with Crippen LogP contribution in [0.15, 0.2) is 48.5 Å². The van der Waals surface area contributed by atoms with Gasteiger partial charge in [-0.2, -0.15) is 0 Å². The van der Waals surface area contributed by atoms with Crippen LogP contribution in [0.2, 0.25) is 0 Å². The molecule has 24 heavy (non-hydrogen) atoms. The number of hydrogen-bond acceptors (Lipinski definition) is 5. The number of rotatable bonds is 4. The van der Waals surface area contributed by atoms with Crippen molar-refractivity contribution in [3.63, 3.8) is 0 Å². The lowest BCUT2D eigenvalue weighted by Gasteiger charge is -2.25. The van der Waals surface area contributed by atoms with Gasteiger partial charge in [-0.25, -0.2) is 4.79 Å². The van der Waals surface area contributed by atoms with Gasteiger partial charge in [0.15, 0.2) is 17.1 Å². The van der Waals surface area contributed by atoms with E-state index in [4.69, 9.17) is 14.2 Å². The Hall–Kier alpha value is -2.53. The quantitative estimate of drug-likeness (QED) is 0.872. The van der Waals surface area contributed by atoms with Crippen molar-refractivity contribution in [3.8, 4) is 11.5 Å². The molecule has 1 N–H and O–H groups in total. The number of fused-ring (bicyclic) bond motifs is 1. The van der Waals surface area contributed by atoms with E-state index in [2.05, 4.69) is 0 Å². The summed E-state index contributed by atoms with van der Waals surface area (Å²) in [4.78, 5) is 12.2. The van der Waals surface area contributed by atoms with Crippen molar-refractivity contribution >= 4 is 5.97 Å². The second-order valence-corrected chi connectivity index (χ2v) is 6.27. The van der Waals surface area contributed by atoms with Gasteiger partial charge < -0.3 is 19.3 Å². The summed E-state index contributed by atoms with van der Waals surface area (Å²) in [6.45, 7) is 0.443. The summed E-state index contributed by atoms with van der Waals surface area (Å²) in [5.41, 5.74) is 0.390. The Balaban J connectivity index is 1.56. The fraction of sp³-hybridized carbons (Fsp3) is 0.316. The standard InChI is InChI=1S/C19H18O5/c20-18-19(21,10-13-4-2-1-3-5-13)15(11-22-18)8-14-6-7-16-17(9-14)24-12-23-16/h1-7,9,15,21H,8,10-12H2/t15-,19+/m0/s1. The first kappa shape index (κ1) is 15.0. The van der Waals surface area contributed by atoms with Crippen LogP contribution in [0.4, 0.5) is 0 Å². The fourth-order valence-electron chi connectivity index (χ4n) is 3.31. The van der Waals surface area contributed by atoms with Gasteiger partial charge >= 0.3 is 5.97 Å². The first-order valence-electron chi connectivity index (χ1n) is 7.97. The average Bonchev–Trinajstić information content (AvgIpc) is 3.16. The molecule has 0 bridgehead atoms. The third-order valence-electron chi connectivity index (χ3n) is 4.68. The van der Waals surface area contributed by atoms with Crippen LogP contribution in [0, 0.1) is 5.92 Å². The molecule has 5 nitrogen and oxygen atoms in total. The number of aliphatic hydroxyl groups is 1. The SMILES string of the molecule is O=C1OC[C@H](Cc2ccc3c(c2)OCO3)[C@]1(O)Cc1ccccc1. The largest absolute Gasteiger partial charge is 0.463 e. The molecular weight excluding hydrogens is 308 g/mol. The first-order valence-corrected chi connectivity index (χ1v) is 7.97. The number of cyclic esters (lactones) is 1. The molecule has 1 saturated heterocycles. The zero-order valence-corrected chi connectivity index (χ0v) is 13.1. The maximum absolute atomic E-state index is 12.2. The summed E-state index contributed by atoms with van der Waals surface area (Å²) in [6.07, 6.45) is 0.785. The van der Waals surface area contributed by atoms with Crippen LogP contribution in [0.5, 0.6) is 11.5 Å². The smallest absolute Gasteiger partial charge is 0.338 e. The van der Waals surface area contributed by atoms with Crippen LogP contribution in [0.1, 0.15) is 11.1 Å². The topological polar surface area (TPSA) is 65.0 Å². The number of carbonyl (C=O) groups excluding carboxylic acids is 1. The zero-order chi connectivity index (χ0) is 16.6. The van der Waals surface area contributed by atoms with E-state index in [1.54, 1.807) is 0 Å². The molecular formula is C19H18O5. The lowest BCUT2D eigenvalue weighted by atomic mass is 9.81. The van der Waals surface area contributed by atoms with Crippen molar-refractivity contribution in [2.24, 2.45) is 5.92 Å². The van der Waals surface area contributed by atoms with Crippen molar-refractivity contribution < 1.29 is 24.1 Å². The Morgan fingerprint density at radius 1 is 1.00 bits per heavy atom. The summed E-state index contributed by atoms with van der Waals surface area (Å²) < 4.78 is 15.9. The first-order chi connectivity index (χ1) is 11.6. The summed E-state index contributed by atoms with van der Waals surface area (Å²) in [6, 6.07) is 15.2. The third kappa shape index (κ3) is 2.61. The Kier molecular flexibility index (Phi) is 3.65. The van der Waals surface area contributed by atoms with E-state index in [1.807, 2.05) is 48.5 Å². The molecule has 2 atom stereocenters. The van der Waals surface area contributed by atoms with Crippen molar-refractivity contribution in [1.29, 1.82) is 0 Å². The van der Waals surface area contributed by atoms with E-state index in [1.165, 1.54) is 0 Å². The molecule has 0 aliphatic carbocycles. The molecule has 0 spiro atoms. The molecule has 5 heteroatoms. The molecule has 0 amide bonds. The molecule has 2 aliphatic rings. The second-order valence-electron chi connectivity index (χ2n) is 6.27. The van der Waals surface area contributed by atoms with Gasteiger partial charge in [-0.15, -0.1) is 0 Å². The van der Waals surface area contributed by atoms with Gasteiger partial charge in [-0.1, -0.05) is 36.4 Å². The van der Waals surface area contributed by atoms with E-state index in [-0.39, 0.29) is 25.7 Å². The van der Waals surface area contributed by atoms with Crippen LogP contribution in [0.25, 0.3) is 0 Å². The molecule has 0 unspecified atom stereocenters. The van der Waals surface area contributed by atoms with E-state index >= 15 is 0 Å². The van der Waals surface area contributed by atoms with Crippen LogP contribution < -0.4 is 9.47 Å². The minimum atomic E-state index is -1.50. The highest BCUT2D eigenvalue weighted by atomic mass is 16.7. The molecule has 0 aromatic heterocycles. The predicted octanol–water partition coefficient (Wildman–Crippen LogP) is 2.10. The number of carbonyl (C=O) groups is 1. The molecule has 2 heterocycles. The number of hydrogen-bond donors (Lipinski definition) is 1. The molecule has 0 saturated carbocycles. The summed E-state index contributed by atoms with van der Waals surface area (Å²) >= 11 is 0. The van der Waals surface area contributed by atoms with E-state index < -0.39 is 11.6 Å². The highest BCUT2D eigenvalue weighted by Gasteiger charge is 2.50. The maximum Gasteiger partial charge on any atom is 0.338 e. The fourth-order valence-corrected chi connectivity index (χ4v) is 3.31. The van der Waals surface area contributed by atoms with Crippen LogP contribution in [-0.2, 0) is 22.4 Å². The molecule has 124 valence electrons. The van der Waals surface area contributed by atoms with Crippen molar-refractivity contribution in [2.75, 3.05) is 13.4 Å². The Labute approximate surface area is 139 Å². The molecule has 2 aromatic rings. The van der Waals surface area contributed by atoms with Crippen molar-refractivity contribution in [2.45, 2.75) is 18.4 Å². The summed E-state index contributed by atoms with van der Waals surface area (Å²) in [5.74, 6) is 0.573. The number of ether oxygens (including phenoxy) is 3. The van der Waals surface area contributed by atoms with Crippen LogP contribution in [0.3, 0.4) is 0 Å². The van der Waals surface area contributed by atoms with E-state index in [0.717, 1.165) is 16.9 Å². The van der Waals surface area contributed by atoms with Crippen LogP contribution >= 0.6 is 0 Å². The molecule has 2 aliphatic heterocycles. The zero-order valence-electron chi connectivity index (χ0n) is 13.1. The van der Waals surface area contributed by atoms with Gasteiger partial charge in [-0.3, -0.25) is 0 Å². The molecule has 2 aromatic carbocycles. The maximum atomic E-state index is 12.2. The van der Waals surface area contributed by atoms with Gasteiger partial charge in [0.1, 0.15) is 0 Å². The van der Waals surface area contributed by atoms with Crippen LogP contribution in [-0.4, -0.2) is 30.1 Å². The highest BCUT2D eigenvalue weighted by Crippen LogP contribution is 2.36. The molecule has 1 fully saturated rings. The van der Waals surface area contributed by atoms with Gasteiger partial charge in [0, 0.05) is 12.3 Å². The van der Waals surface area contributed by atoms with Crippen molar-refractivity contribution in [3.05, 3.63) is 59.7 Å². The number of esters is 1. The summed E-state index contributed by atoms with van der Waals surface area (Å²) in [7, 11) is 0. The summed E-state index contributed by atoms with van der Waals surface area (Å²) in [5, 5.41) is 11.0. The van der Waals surface area contributed by atoms with Crippen molar-refractivity contribution in [1.82, 2.24) is 0 Å². The molecule has 0 radical (unpaired) electrons. The lowest BCUT2D eigenvalue weighted by Crippen LogP contribution is -2.44. The van der Waals surface area contributed by atoms with Gasteiger partial charge in [0.25, 0.3) is 0 Å². The third-order valence-corrected chi connectivity index (χ3v) is 4.68. The Bertz CT molecular complexity index is 758. The lowest BCUT2D eigenvalue weighted by molar-refractivity contribution is -0.154. The molecule has 4 rings (SSSR count). The normalized spacial score (nSPS) is 24.9. The van der Waals surface area contributed by atoms with E-state index in [0.29, 0.717) is 12.2 Å². The minimum Gasteiger partial charge on any atom is -0.463 e. The Morgan fingerprint density at radius 2 is 1.79 bits per heavy atom. The average molecular weight is 326 g/mol. The van der Waals surface area contributed by atoms with E-state index in [9.17, 15) is 9.90 Å². The van der Waals surface area contributed by atoms with Gasteiger partial charge in [0.05, 0.1) is 6.61 Å². The number of benzene rings is 2. The Morgan fingerprint density at radius 3 is 2.62 bits per heavy atom.